The number of fused-ring (bicyclic) bond motifs is 1. The Morgan fingerprint density at radius 1 is 0.857 bits per heavy atom. The Morgan fingerprint density at radius 2 is 1.57 bits per heavy atom. The number of hydrogen-bond acceptors (Lipinski definition) is 9. The molecule has 0 N–H and O–H groups in total. The van der Waals surface area contributed by atoms with Gasteiger partial charge in [0.1, 0.15) is 17.6 Å². The van der Waals surface area contributed by atoms with Crippen LogP contribution in [0.2, 0.25) is 0 Å². The van der Waals surface area contributed by atoms with Crippen molar-refractivity contribution in [1.82, 2.24) is 0 Å². The third-order valence-corrected chi connectivity index (χ3v) is 6.02. The fraction of sp³-hybridized carbons (Fsp3) is 0.0800. The number of hydrogen-bond donors (Lipinski definition) is 0. The summed E-state index contributed by atoms with van der Waals surface area (Å²) >= 11 is 0. The van der Waals surface area contributed by atoms with E-state index in [4.69, 9.17) is 18.1 Å². The second kappa shape index (κ2) is 9.43. The Balaban J connectivity index is 1.72. The summed E-state index contributed by atoms with van der Waals surface area (Å²) in [5, 5.41) is 0.230. The summed E-state index contributed by atoms with van der Waals surface area (Å²) < 4.78 is 46.8. The molecule has 35 heavy (non-hydrogen) atoms. The fourth-order valence-electron chi connectivity index (χ4n) is 3.32. The number of benzene rings is 3. The van der Waals surface area contributed by atoms with Crippen LogP contribution >= 0.6 is 0 Å². The van der Waals surface area contributed by atoms with Crippen molar-refractivity contribution in [3.63, 3.8) is 0 Å². The van der Waals surface area contributed by atoms with Gasteiger partial charge in [-0.15, -0.1) is 0 Å². The Labute approximate surface area is 199 Å². The molecule has 0 bridgehead atoms. The molecule has 0 aliphatic heterocycles. The molecule has 0 saturated carbocycles. The zero-order valence-electron chi connectivity index (χ0n) is 18.5. The van der Waals surface area contributed by atoms with E-state index < -0.39 is 32.7 Å². The number of carbonyl (C=O) groups excluding carboxylic acids is 2. The van der Waals surface area contributed by atoms with Crippen molar-refractivity contribution in [3.8, 4) is 28.4 Å². The lowest BCUT2D eigenvalue weighted by Gasteiger charge is -2.14. The molecule has 0 amide bonds. The van der Waals surface area contributed by atoms with E-state index in [9.17, 15) is 22.8 Å². The maximum Gasteiger partial charge on any atom is 0.343 e. The molecule has 1 aromatic heterocycles. The van der Waals surface area contributed by atoms with E-state index in [0.717, 1.165) is 19.9 Å². The minimum absolute atomic E-state index is 0.108. The smallest absolute Gasteiger partial charge is 0.343 e. The second-order valence-electron chi connectivity index (χ2n) is 7.31. The molecule has 4 rings (SSSR count). The Hall–Kier alpha value is -4.44. The molecule has 4 aromatic rings. The van der Waals surface area contributed by atoms with Crippen LogP contribution in [0.4, 0.5) is 0 Å². The number of carbonyl (C=O) groups is 2. The van der Waals surface area contributed by atoms with Gasteiger partial charge >= 0.3 is 22.1 Å². The van der Waals surface area contributed by atoms with Crippen LogP contribution in [0.5, 0.6) is 17.2 Å². The maximum absolute atomic E-state index is 13.0. The molecule has 10 heteroatoms. The van der Waals surface area contributed by atoms with Gasteiger partial charge in [-0.25, -0.2) is 0 Å². The monoisotopic (exact) mass is 494 g/mol. The molecule has 0 fully saturated rings. The molecule has 0 atom stereocenters. The summed E-state index contributed by atoms with van der Waals surface area (Å²) in [5.41, 5.74) is 0.846. The summed E-state index contributed by atoms with van der Waals surface area (Å²) in [7, 11) is -4.57. The lowest BCUT2D eigenvalue weighted by atomic mass is 10.1. The zero-order valence-corrected chi connectivity index (χ0v) is 19.3. The number of rotatable bonds is 6. The van der Waals surface area contributed by atoms with Crippen molar-refractivity contribution >= 4 is 33.0 Å². The summed E-state index contributed by atoms with van der Waals surface area (Å²) in [6, 6.07) is 16.6. The van der Waals surface area contributed by atoms with Gasteiger partial charge in [0, 0.05) is 19.9 Å². The average Bonchev–Trinajstić information content (AvgIpc) is 2.80. The van der Waals surface area contributed by atoms with Crippen LogP contribution in [0.15, 0.2) is 87.1 Å². The maximum atomic E-state index is 13.0. The second-order valence-corrected chi connectivity index (χ2v) is 8.83. The van der Waals surface area contributed by atoms with Gasteiger partial charge in [0.05, 0.1) is 10.9 Å². The van der Waals surface area contributed by atoms with Crippen molar-refractivity contribution in [2.45, 2.75) is 18.7 Å². The van der Waals surface area contributed by atoms with Crippen LogP contribution < -0.4 is 19.1 Å². The molecule has 1 heterocycles. The highest BCUT2D eigenvalue weighted by Crippen LogP contribution is 2.36. The average molecular weight is 494 g/mol. The Morgan fingerprint density at radius 3 is 2.26 bits per heavy atom. The van der Waals surface area contributed by atoms with Crippen molar-refractivity contribution in [1.29, 1.82) is 0 Å². The molecule has 178 valence electrons. The third-order valence-electron chi connectivity index (χ3n) is 4.75. The number of esters is 2. The largest absolute Gasteiger partial charge is 0.463 e. The van der Waals surface area contributed by atoms with Crippen molar-refractivity contribution in [3.05, 3.63) is 83.2 Å². The number of ether oxygens (including phenoxy) is 2. The molecular formula is C25H18O9S. The molecule has 0 radical (unpaired) electrons. The highest BCUT2D eigenvalue weighted by molar-refractivity contribution is 7.87. The van der Waals surface area contributed by atoms with Crippen molar-refractivity contribution in [2.75, 3.05) is 0 Å². The number of para-hydroxylation sites is 1. The fourth-order valence-corrected chi connectivity index (χ4v) is 4.38. The molecule has 0 aliphatic rings. The summed E-state index contributed by atoms with van der Waals surface area (Å²) in [6.07, 6.45) is 1.29. The van der Waals surface area contributed by atoms with Gasteiger partial charge in [0.2, 0.25) is 0 Å². The standard InChI is InChI=1S/C25H18O9S/c1-15(26)32-21-9-6-10-23(25(21)33-16(2)27)35(29,30)34-18-11-12-19-22(13-18)31-14-20(24(19)28)17-7-4-3-5-8-17/h3-14H,1-2H3. The highest BCUT2D eigenvalue weighted by Gasteiger charge is 2.27. The van der Waals surface area contributed by atoms with Crippen LogP contribution in [0, 0.1) is 0 Å². The van der Waals surface area contributed by atoms with Crippen LogP contribution in [-0.2, 0) is 19.7 Å². The first-order valence-corrected chi connectivity index (χ1v) is 11.6. The Bertz CT molecular complexity index is 1600. The van der Waals surface area contributed by atoms with Gasteiger partial charge in [-0.3, -0.25) is 14.4 Å². The van der Waals surface area contributed by atoms with Gasteiger partial charge in [-0.1, -0.05) is 36.4 Å². The van der Waals surface area contributed by atoms with Gasteiger partial charge in [0.15, 0.2) is 21.8 Å². The summed E-state index contributed by atoms with van der Waals surface area (Å²) in [5.74, 6) is -2.49. The predicted octanol–water partition coefficient (Wildman–Crippen LogP) is 4.08. The van der Waals surface area contributed by atoms with E-state index in [2.05, 4.69) is 0 Å². The Kier molecular flexibility index (Phi) is 6.39. The molecular weight excluding hydrogens is 476 g/mol. The van der Waals surface area contributed by atoms with Crippen molar-refractivity contribution < 1.29 is 36.1 Å². The molecule has 0 aliphatic carbocycles. The van der Waals surface area contributed by atoms with E-state index in [1.165, 1.54) is 36.6 Å². The molecule has 0 saturated heterocycles. The van der Waals surface area contributed by atoms with Crippen LogP contribution in [0.25, 0.3) is 22.1 Å². The van der Waals surface area contributed by atoms with Crippen LogP contribution in [0.3, 0.4) is 0 Å². The van der Waals surface area contributed by atoms with E-state index >= 15 is 0 Å². The van der Waals surface area contributed by atoms with E-state index in [0.29, 0.717) is 11.1 Å². The summed E-state index contributed by atoms with van der Waals surface area (Å²) in [6.45, 7) is 2.18. The molecule has 3 aromatic carbocycles. The lowest BCUT2D eigenvalue weighted by Crippen LogP contribution is -2.15. The van der Waals surface area contributed by atoms with Crippen LogP contribution in [-0.4, -0.2) is 20.4 Å². The molecule has 9 nitrogen and oxygen atoms in total. The minimum atomic E-state index is -4.57. The SMILES string of the molecule is CC(=O)Oc1cccc(S(=O)(=O)Oc2ccc3c(=O)c(-c4ccccc4)coc3c2)c1OC(C)=O. The van der Waals surface area contributed by atoms with Gasteiger partial charge in [-0.2, -0.15) is 8.42 Å². The first kappa shape index (κ1) is 23.7. The third kappa shape index (κ3) is 5.07. The highest BCUT2D eigenvalue weighted by atomic mass is 32.2. The van der Waals surface area contributed by atoms with Gasteiger partial charge in [-0.05, 0) is 29.8 Å². The van der Waals surface area contributed by atoms with E-state index in [-0.39, 0.29) is 27.9 Å². The topological polar surface area (TPSA) is 126 Å². The van der Waals surface area contributed by atoms with Crippen LogP contribution in [0.1, 0.15) is 13.8 Å². The normalized spacial score (nSPS) is 11.1. The minimum Gasteiger partial charge on any atom is -0.463 e. The lowest BCUT2D eigenvalue weighted by molar-refractivity contribution is -0.134. The van der Waals surface area contributed by atoms with E-state index in [1.54, 1.807) is 24.3 Å². The first-order chi connectivity index (χ1) is 16.7. The molecule has 0 unspecified atom stereocenters. The van der Waals surface area contributed by atoms with Gasteiger partial charge in [0.25, 0.3) is 0 Å². The predicted molar refractivity (Wildman–Crippen MR) is 125 cm³/mol. The first-order valence-electron chi connectivity index (χ1n) is 10.2. The van der Waals surface area contributed by atoms with E-state index in [1.807, 2.05) is 6.07 Å². The summed E-state index contributed by atoms with van der Waals surface area (Å²) in [4.78, 5) is 35.3. The zero-order chi connectivity index (χ0) is 25.2. The quantitative estimate of drug-likeness (QED) is 0.221. The van der Waals surface area contributed by atoms with Gasteiger partial charge < -0.3 is 18.1 Å². The van der Waals surface area contributed by atoms with Crippen molar-refractivity contribution in [2.24, 2.45) is 0 Å². The molecule has 0 spiro atoms.